The number of rotatable bonds is 8. The molecule has 1 N–H and O–H groups in total. The molecule has 0 aliphatic rings. The molecule has 2 aromatic carbocycles. The van der Waals surface area contributed by atoms with Crippen LogP contribution in [0.2, 0.25) is 0 Å². The van der Waals surface area contributed by atoms with Crippen molar-refractivity contribution in [3.8, 4) is 11.5 Å². The predicted octanol–water partition coefficient (Wildman–Crippen LogP) is 2.52. The zero-order valence-electron chi connectivity index (χ0n) is 13.5. The van der Waals surface area contributed by atoms with E-state index in [0.717, 1.165) is 5.75 Å². The first kappa shape index (κ1) is 17.9. The van der Waals surface area contributed by atoms with Crippen molar-refractivity contribution in [2.75, 3.05) is 13.2 Å². The monoisotopic (exact) mass is 343 g/mol. The zero-order valence-corrected chi connectivity index (χ0v) is 13.5. The summed E-state index contributed by atoms with van der Waals surface area (Å²) in [5.74, 6) is 0.844. The first-order chi connectivity index (χ1) is 12.1. The minimum atomic E-state index is -0.485. The van der Waals surface area contributed by atoms with Gasteiger partial charge in [-0.2, -0.15) is 5.10 Å². The lowest BCUT2D eigenvalue weighted by Gasteiger charge is -2.06. The van der Waals surface area contributed by atoms with Gasteiger partial charge in [0.25, 0.3) is 11.6 Å². The van der Waals surface area contributed by atoms with Crippen LogP contribution in [0.1, 0.15) is 12.5 Å². The second-order valence-electron chi connectivity index (χ2n) is 4.83. The maximum atomic E-state index is 11.7. The summed E-state index contributed by atoms with van der Waals surface area (Å²) in [4.78, 5) is 21.7. The Labute approximate surface area is 144 Å². The average molecular weight is 343 g/mol. The van der Waals surface area contributed by atoms with Gasteiger partial charge in [-0.05, 0) is 48.9 Å². The fraction of sp³-hybridized carbons (Fsp3) is 0.176. The van der Waals surface area contributed by atoms with Crippen LogP contribution in [0.3, 0.4) is 0 Å². The highest BCUT2D eigenvalue weighted by Gasteiger charge is 2.04. The van der Waals surface area contributed by atoms with Gasteiger partial charge in [-0.1, -0.05) is 0 Å². The molecule has 0 bridgehead atoms. The molecule has 0 aliphatic carbocycles. The number of nitro groups is 1. The Balaban J connectivity index is 1.77. The van der Waals surface area contributed by atoms with Crippen LogP contribution in [-0.2, 0) is 4.79 Å². The van der Waals surface area contributed by atoms with E-state index in [1.807, 2.05) is 6.92 Å². The summed E-state index contributed by atoms with van der Waals surface area (Å²) in [5.41, 5.74) is 2.93. The Bertz CT molecular complexity index is 742. The second kappa shape index (κ2) is 9.02. The minimum absolute atomic E-state index is 0.00931. The number of ether oxygens (including phenoxy) is 2. The van der Waals surface area contributed by atoms with E-state index in [1.54, 1.807) is 24.3 Å². The number of non-ortho nitro benzene ring substituents is 1. The van der Waals surface area contributed by atoms with Gasteiger partial charge in [0.1, 0.15) is 11.5 Å². The Morgan fingerprint density at radius 1 is 1.12 bits per heavy atom. The third-order valence-corrected chi connectivity index (χ3v) is 3.01. The zero-order chi connectivity index (χ0) is 18.1. The smallest absolute Gasteiger partial charge is 0.277 e. The first-order valence-electron chi connectivity index (χ1n) is 7.50. The Hall–Kier alpha value is -3.42. The van der Waals surface area contributed by atoms with E-state index in [1.165, 1.54) is 30.5 Å². The molecular weight excluding hydrogens is 326 g/mol. The van der Waals surface area contributed by atoms with Gasteiger partial charge in [0.15, 0.2) is 6.61 Å². The summed E-state index contributed by atoms with van der Waals surface area (Å²) in [7, 11) is 0. The molecule has 25 heavy (non-hydrogen) atoms. The number of hydrogen-bond donors (Lipinski definition) is 1. The molecule has 0 atom stereocenters. The number of benzene rings is 2. The molecule has 0 unspecified atom stereocenters. The Morgan fingerprint density at radius 3 is 2.28 bits per heavy atom. The SMILES string of the molecule is CCOc1ccc(OCC(=O)N/N=C/c2ccc([N+](=O)[O-])cc2)cc1. The average Bonchev–Trinajstić information content (AvgIpc) is 2.62. The quantitative estimate of drug-likeness (QED) is 0.451. The fourth-order valence-electron chi connectivity index (χ4n) is 1.84. The van der Waals surface area contributed by atoms with E-state index in [-0.39, 0.29) is 12.3 Å². The van der Waals surface area contributed by atoms with Gasteiger partial charge >= 0.3 is 0 Å². The summed E-state index contributed by atoms with van der Waals surface area (Å²) in [6.45, 7) is 2.28. The van der Waals surface area contributed by atoms with Crippen molar-refractivity contribution in [3.05, 3.63) is 64.2 Å². The van der Waals surface area contributed by atoms with Crippen LogP contribution in [0.25, 0.3) is 0 Å². The summed E-state index contributed by atoms with van der Waals surface area (Å²) < 4.78 is 10.6. The fourth-order valence-corrected chi connectivity index (χ4v) is 1.84. The van der Waals surface area contributed by atoms with E-state index in [9.17, 15) is 14.9 Å². The highest BCUT2D eigenvalue weighted by Crippen LogP contribution is 2.17. The largest absolute Gasteiger partial charge is 0.494 e. The molecule has 0 heterocycles. The topological polar surface area (TPSA) is 103 Å². The van der Waals surface area contributed by atoms with Gasteiger partial charge < -0.3 is 9.47 Å². The molecule has 2 rings (SSSR count). The van der Waals surface area contributed by atoms with Crippen molar-refractivity contribution in [1.82, 2.24) is 5.43 Å². The van der Waals surface area contributed by atoms with Crippen molar-refractivity contribution >= 4 is 17.8 Å². The molecule has 0 spiro atoms. The lowest BCUT2D eigenvalue weighted by molar-refractivity contribution is -0.384. The van der Waals surface area contributed by atoms with E-state index in [2.05, 4.69) is 10.5 Å². The van der Waals surface area contributed by atoms with Gasteiger partial charge in [-0.3, -0.25) is 14.9 Å². The second-order valence-corrected chi connectivity index (χ2v) is 4.83. The molecule has 0 aliphatic heterocycles. The van der Waals surface area contributed by atoms with E-state index in [4.69, 9.17) is 9.47 Å². The van der Waals surface area contributed by atoms with Gasteiger partial charge in [0.05, 0.1) is 17.7 Å². The molecular formula is C17H17N3O5. The van der Waals surface area contributed by atoms with Crippen molar-refractivity contribution in [2.45, 2.75) is 6.92 Å². The van der Waals surface area contributed by atoms with E-state index in [0.29, 0.717) is 17.9 Å². The lowest BCUT2D eigenvalue weighted by Crippen LogP contribution is -2.24. The molecule has 8 heteroatoms. The minimum Gasteiger partial charge on any atom is -0.494 e. The van der Waals surface area contributed by atoms with Crippen LogP contribution in [0.5, 0.6) is 11.5 Å². The van der Waals surface area contributed by atoms with Crippen LogP contribution >= 0.6 is 0 Å². The molecule has 2 aromatic rings. The number of amides is 1. The molecule has 0 fully saturated rings. The highest BCUT2D eigenvalue weighted by molar-refractivity contribution is 5.83. The summed E-state index contributed by atoms with van der Waals surface area (Å²) in [6, 6.07) is 12.7. The molecule has 0 radical (unpaired) electrons. The summed E-state index contributed by atoms with van der Waals surface area (Å²) >= 11 is 0. The molecule has 0 saturated carbocycles. The molecule has 130 valence electrons. The number of nitrogens with one attached hydrogen (secondary N) is 1. The lowest BCUT2D eigenvalue weighted by atomic mass is 10.2. The highest BCUT2D eigenvalue weighted by atomic mass is 16.6. The van der Waals surface area contributed by atoms with Gasteiger partial charge in [0.2, 0.25) is 0 Å². The maximum absolute atomic E-state index is 11.7. The third-order valence-electron chi connectivity index (χ3n) is 3.01. The van der Waals surface area contributed by atoms with Crippen molar-refractivity contribution in [3.63, 3.8) is 0 Å². The van der Waals surface area contributed by atoms with Crippen LogP contribution < -0.4 is 14.9 Å². The molecule has 0 aromatic heterocycles. The summed E-state index contributed by atoms with van der Waals surface area (Å²) in [6.07, 6.45) is 1.39. The van der Waals surface area contributed by atoms with Gasteiger partial charge in [0, 0.05) is 12.1 Å². The number of nitro benzene ring substituents is 1. The number of carbonyl (C=O) groups excluding carboxylic acids is 1. The van der Waals surface area contributed by atoms with Crippen LogP contribution in [0.4, 0.5) is 5.69 Å². The number of nitrogens with zero attached hydrogens (tertiary/aromatic N) is 2. The van der Waals surface area contributed by atoms with Crippen molar-refractivity contribution < 1.29 is 19.2 Å². The van der Waals surface area contributed by atoms with Gasteiger partial charge in [-0.25, -0.2) is 5.43 Å². The van der Waals surface area contributed by atoms with Gasteiger partial charge in [-0.15, -0.1) is 0 Å². The molecule has 1 amide bonds. The van der Waals surface area contributed by atoms with E-state index < -0.39 is 10.8 Å². The van der Waals surface area contributed by atoms with Crippen LogP contribution in [0.15, 0.2) is 53.6 Å². The van der Waals surface area contributed by atoms with Crippen LogP contribution in [-0.4, -0.2) is 30.3 Å². The molecule has 0 saturated heterocycles. The maximum Gasteiger partial charge on any atom is 0.277 e. The van der Waals surface area contributed by atoms with E-state index >= 15 is 0 Å². The predicted molar refractivity (Wildman–Crippen MR) is 91.9 cm³/mol. The number of hydrazone groups is 1. The number of carbonyl (C=O) groups is 1. The Kier molecular flexibility index (Phi) is 6.47. The van der Waals surface area contributed by atoms with Crippen molar-refractivity contribution in [2.24, 2.45) is 5.10 Å². The van der Waals surface area contributed by atoms with Crippen molar-refractivity contribution in [1.29, 1.82) is 0 Å². The summed E-state index contributed by atoms with van der Waals surface area (Å²) in [5, 5.41) is 14.3. The Morgan fingerprint density at radius 2 is 1.72 bits per heavy atom. The first-order valence-corrected chi connectivity index (χ1v) is 7.50. The normalized spacial score (nSPS) is 10.4. The standard InChI is InChI=1S/C17H17N3O5/c1-2-24-15-7-9-16(10-8-15)25-12-17(21)19-18-11-13-3-5-14(6-4-13)20(22)23/h3-11H,2,12H2,1H3,(H,19,21)/b18-11+. The molecule has 8 nitrogen and oxygen atoms in total. The van der Waals surface area contributed by atoms with Crippen LogP contribution in [0, 0.1) is 10.1 Å². The number of hydrogen-bond acceptors (Lipinski definition) is 6. The third kappa shape index (κ3) is 5.94.